The largest absolute Gasteiger partial charge is 0.314 e. The number of thiazole rings is 1. The maximum Gasteiger partial charge on any atom is 0.279 e. The molecule has 3 aromatic rings. The Kier molecular flexibility index (Phi) is 5.29. The zero-order valence-corrected chi connectivity index (χ0v) is 16.8. The standard InChI is InChI=1S/C21H17F2N3O3S/c1-2-8-25-19-15(23)10-13(22)11-16(19)30-21(25)24-20(29)12-4-3-5-14(9-12)26-17(27)6-7-18(26)28/h3-5,9-11H,2,6-8H2,1H3. The molecular weight excluding hydrogens is 412 g/mol. The minimum absolute atomic E-state index is 0.141. The van der Waals surface area contributed by atoms with Crippen molar-refractivity contribution in [3.05, 3.63) is 58.4 Å². The first kappa shape index (κ1) is 20.1. The number of carbonyl (C=O) groups is 3. The molecule has 0 spiro atoms. The van der Waals surface area contributed by atoms with Crippen molar-refractivity contribution in [1.29, 1.82) is 0 Å². The van der Waals surface area contributed by atoms with E-state index in [1.165, 1.54) is 18.2 Å². The van der Waals surface area contributed by atoms with E-state index in [2.05, 4.69) is 4.99 Å². The van der Waals surface area contributed by atoms with Gasteiger partial charge in [0.15, 0.2) is 10.6 Å². The summed E-state index contributed by atoms with van der Waals surface area (Å²) in [5, 5.41) is 0. The number of amides is 3. The van der Waals surface area contributed by atoms with Crippen LogP contribution in [-0.4, -0.2) is 22.3 Å². The van der Waals surface area contributed by atoms with Gasteiger partial charge in [0.1, 0.15) is 5.82 Å². The second kappa shape index (κ2) is 7.91. The van der Waals surface area contributed by atoms with E-state index in [1.807, 2.05) is 6.92 Å². The third kappa shape index (κ3) is 3.56. The molecule has 0 unspecified atom stereocenters. The SMILES string of the molecule is CCCn1c(=NC(=O)c2cccc(N3C(=O)CCC3=O)c2)sc2cc(F)cc(F)c21. The van der Waals surface area contributed by atoms with Crippen LogP contribution in [-0.2, 0) is 16.1 Å². The van der Waals surface area contributed by atoms with Crippen molar-refractivity contribution in [2.45, 2.75) is 32.7 Å². The van der Waals surface area contributed by atoms with Gasteiger partial charge >= 0.3 is 0 Å². The number of halogens is 2. The van der Waals surface area contributed by atoms with Gasteiger partial charge in [0.25, 0.3) is 5.91 Å². The number of hydrogen-bond acceptors (Lipinski definition) is 4. The predicted octanol–water partition coefficient (Wildman–Crippen LogP) is 3.79. The van der Waals surface area contributed by atoms with Crippen LogP contribution in [0.3, 0.4) is 0 Å². The molecular formula is C21H17F2N3O3S. The molecule has 1 fully saturated rings. The molecule has 0 atom stereocenters. The normalized spacial score (nSPS) is 14.9. The number of anilines is 1. The number of imide groups is 1. The minimum atomic E-state index is -0.711. The van der Waals surface area contributed by atoms with Gasteiger partial charge in [-0.2, -0.15) is 4.99 Å². The summed E-state index contributed by atoms with van der Waals surface area (Å²) in [4.78, 5) is 42.2. The van der Waals surface area contributed by atoms with Crippen LogP contribution in [0.2, 0.25) is 0 Å². The third-order valence-electron chi connectivity index (χ3n) is 4.74. The van der Waals surface area contributed by atoms with Gasteiger partial charge in [-0.3, -0.25) is 19.3 Å². The number of fused-ring (bicyclic) bond motifs is 1. The van der Waals surface area contributed by atoms with Crippen LogP contribution in [0.5, 0.6) is 0 Å². The molecule has 0 bridgehead atoms. The summed E-state index contributed by atoms with van der Waals surface area (Å²) in [6.07, 6.45) is 0.948. The van der Waals surface area contributed by atoms with Crippen molar-refractivity contribution >= 4 is 45.0 Å². The highest BCUT2D eigenvalue weighted by Crippen LogP contribution is 2.25. The van der Waals surface area contributed by atoms with Gasteiger partial charge in [-0.05, 0) is 30.7 Å². The summed E-state index contributed by atoms with van der Waals surface area (Å²) in [7, 11) is 0. The van der Waals surface area contributed by atoms with Gasteiger partial charge in [-0.15, -0.1) is 0 Å². The van der Waals surface area contributed by atoms with Crippen molar-refractivity contribution in [2.75, 3.05) is 4.90 Å². The Hall–Kier alpha value is -3.20. The summed E-state index contributed by atoms with van der Waals surface area (Å²) in [6.45, 7) is 2.31. The van der Waals surface area contributed by atoms with E-state index >= 15 is 0 Å². The highest BCUT2D eigenvalue weighted by molar-refractivity contribution is 7.16. The maximum absolute atomic E-state index is 14.4. The van der Waals surface area contributed by atoms with E-state index in [9.17, 15) is 23.2 Å². The zero-order valence-electron chi connectivity index (χ0n) is 16.0. The van der Waals surface area contributed by atoms with Gasteiger partial charge in [0.05, 0.1) is 15.9 Å². The zero-order chi connectivity index (χ0) is 21.4. The quantitative estimate of drug-likeness (QED) is 0.593. The van der Waals surface area contributed by atoms with Gasteiger partial charge in [0.2, 0.25) is 11.8 Å². The molecule has 0 radical (unpaired) electrons. The Morgan fingerprint density at radius 2 is 1.87 bits per heavy atom. The summed E-state index contributed by atoms with van der Waals surface area (Å²) < 4.78 is 29.9. The average Bonchev–Trinajstić information content (AvgIpc) is 3.21. The second-order valence-corrected chi connectivity index (χ2v) is 7.87. The molecule has 2 aromatic carbocycles. The Labute approximate surface area is 174 Å². The molecule has 0 saturated carbocycles. The average molecular weight is 429 g/mol. The van der Waals surface area contributed by atoms with E-state index in [0.717, 1.165) is 22.3 Å². The lowest BCUT2D eigenvalue weighted by molar-refractivity contribution is -0.121. The van der Waals surface area contributed by atoms with Crippen molar-refractivity contribution in [3.8, 4) is 0 Å². The third-order valence-corrected chi connectivity index (χ3v) is 5.77. The van der Waals surface area contributed by atoms with Crippen LogP contribution >= 0.6 is 11.3 Å². The van der Waals surface area contributed by atoms with Crippen LogP contribution in [0.4, 0.5) is 14.5 Å². The summed E-state index contributed by atoms with van der Waals surface area (Å²) >= 11 is 1.02. The molecule has 0 N–H and O–H groups in total. The maximum atomic E-state index is 14.4. The number of aryl methyl sites for hydroxylation is 1. The molecule has 3 amide bonds. The molecule has 6 nitrogen and oxygen atoms in total. The van der Waals surface area contributed by atoms with Crippen molar-refractivity contribution in [2.24, 2.45) is 4.99 Å². The van der Waals surface area contributed by atoms with Gasteiger partial charge in [-0.1, -0.05) is 24.3 Å². The predicted molar refractivity (Wildman–Crippen MR) is 108 cm³/mol. The number of hydrogen-bond donors (Lipinski definition) is 0. The fourth-order valence-corrected chi connectivity index (χ4v) is 4.53. The Morgan fingerprint density at radius 3 is 2.57 bits per heavy atom. The molecule has 30 heavy (non-hydrogen) atoms. The van der Waals surface area contributed by atoms with E-state index in [-0.39, 0.29) is 40.5 Å². The molecule has 4 rings (SSSR count). The second-order valence-electron chi connectivity index (χ2n) is 6.86. The summed E-state index contributed by atoms with van der Waals surface area (Å²) in [6, 6.07) is 8.12. The first-order valence-electron chi connectivity index (χ1n) is 9.42. The van der Waals surface area contributed by atoms with Gasteiger partial charge in [0, 0.05) is 31.0 Å². The Morgan fingerprint density at radius 1 is 1.13 bits per heavy atom. The Bertz CT molecular complexity index is 1250. The van der Waals surface area contributed by atoms with E-state index in [4.69, 9.17) is 0 Å². The number of aromatic nitrogens is 1. The van der Waals surface area contributed by atoms with Crippen LogP contribution in [0.25, 0.3) is 10.2 Å². The lowest BCUT2D eigenvalue weighted by atomic mass is 10.2. The smallest absolute Gasteiger partial charge is 0.279 e. The minimum Gasteiger partial charge on any atom is -0.314 e. The molecule has 154 valence electrons. The number of carbonyl (C=O) groups excluding carboxylic acids is 3. The Balaban J connectivity index is 1.78. The van der Waals surface area contributed by atoms with Crippen molar-refractivity contribution in [1.82, 2.24) is 4.57 Å². The van der Waals surface area contributed by atoms with Crippen LogP contribution in [0.1, 0.15) is 36.5 Å². The van der Waals surface area contributed by atoms with Crippen LogP contribution < -0.4 is 9.70 Å². The molecule has 0 aliphatic carbocycles. The van der Waals surface area contributed by atoms with Crippen molar-refractivity contribution < 1.29 is 23.2 Å². The first-order valence-corrected chi connectivity index (χ1v) is 10.2. The molecule has 1 saturated heterocycles. The van der Waals surface area contributed by atoms with Crippen molar-refractivity contribution in [3.63, 3.8) is 0 Å². The van der Waals surface area contributed by atoms with E-state index in [1.54, 1.807) is 16.7 Å². The van der Waals surface area contributed by atoms with Gasteiger partial charge < -0.3 is 4.57 Å². The molecule has 9 heteroatoms. The highest BCUT2D eigenvalue weighted by Gasteiger charge is 2.30. The molecule has 1 aromatic heterocycles. The molecule has 2 heterocycles. The summed E-state index contributed by atoms with van der Waals surface area (Å²) in [5.74, 6) is -2.64. The lowest BCUT2D eigenvalue weighted by Gasteiger charge is -2.14. The monoisotopic (exact) mass is 429 g/mol. The van der Waals surface area contributed by atoms with Crippen LogP contribution in [0.15, 0.2) is 41.4 Å². The summed E-state index contributed by atoms with van der Waals surface area (Å²) in [5.41, 5.74) is 0.707. The molecule has 1 aliphatic heterocycles. The molecule has 1 aliphatic rings. The number of benzene rings is 2. The van der Waals surface area contributed by atoms with Gasteiger partial charge in [-0.25, -0.2) is 8.78 Å². The lowest BCUT2D eigenvalue weighted by Crippen LogP contribution is -2.28. The van der Waals surface area contributed by atoms with E-state index in [0.29, 0.717) is 23.4 Å². The fourth-order valence-electron chi connectivity index (χ4n) is 3.44. The fraction of sp³-hybridized carbons (Fsp3) is 0.238. The number of rotatable bonds is 4. The van der Waals surface area contributed by atoms with E-state index < -0.39 is 17.5 Å². The number of nitrogens with zero attached hydrogens (tertiary/aromatic N) is 3. The highest BCUT2D eigenvalue weighted by atomic mass is 32.1. The van der Waals surface area contributed by atoms with Crippen LogP contribution in [0, 0.1) is 11.6 Å². The topological polar surface area (TPSA) is 71.7 Å². The first-order chi connectivity index (χ1) is 14.4.